The molecule has 0 bridgehead atoms. The molecule has 0 aromatic carbocycles. The van der Waals surface area contributed by atoms with Crippen molar-refractivity contribution in [2.24, 2.45) is 4.99 Å². The van der Waals surface area contributed by atoms with Crippen LogP contribution in [0.25, 0.3) is 5.57 Å². The molecule has 0 saturated heterocycles. The van der Waals surface area contributed by atoms with Gasteiger partial charge in [-0.3, -0.25) is 4.99 Å². The first kappa shape index (κ1) is 10.3. The van der Waals surface area contributed by atoms with Gasteiger partial charge in [0.25, 0.3) is 0 Å². The van der Waals surface area contributed by atoms with E-state index in [4.69, 9.17) is 0 Å². The second kappa shape index (κ2) is 5.80. The van der Waals surface area contributed by atoms with Crippen molar-refractivity contribution in [2.45, 2.75) is 13.8 Å². The first-order valence-electron chi connectivity index (χ1n) is 4.46. The standard InChI is InChI=1S/C11H13N3/c1-3-6-10(9-12-4-2)11-13-7-5-8-14-11/h3-9H,1-2H3/b6-3-,10-9+,12-4?. The molecule has 0 aliphatic rings. The average Bonchev–Trinajstić information content (AvgIpc) is 2.25. The van der Waals surface area contributed by atoms with E-state index in [2.05, 4.69) is 15.0 Å². The Kier molecular flexibility index (Phi) is 4.27. The zero-order valence-electron chi connectivity index (χ0n) is 8.38. The summed E-state index contributed by atoms with van der Waals surface area (Å²) in [5, 5.41) is 0. The van der Waals surface area contributed by atoms with E-state index in [0.717, 1.165) is 5.57 Å². The molecule has 0 aliphatic heterocycles. The molecule has 0 amide bonds. The highest BCUT2D eigenvalue weighted by molar-refractivity contribution is 5.70. The van der Waals surface area contributed by atoms with Crippen LogP contribution in [-0.4, -0.2) is 16.2 Å². The average molecular weight is 187 g/mol. The Hall–Kier alpha value is -1.77. The van der Waals surface area contributed by atoms with Crippen molar-refractivity contribution in [2.75, 3.05) is 0 Å². The predicted molar refractivity (Wildman–Crippen MR) is 59.0 cm³/mol. The number of aromatic nitrogens is 2. The van der Waals surface area contributed by atoms with Crippen molar-refractivity contribution >= 4 is 11.8 Å². The van der Waals surface area contributed by atoms with Crippen LogP contribution >= 0.6 is 0 Å². The monoisotopic (exact) mass is 187 g/mol. The zero-order valence-corrected chi connectivity index (χ0v) is 8.38. The molecule has 0 aliphatic carbocycles. The fraction of sp³-hybridized carbons (Fsp3) is 0.182. The number of hydrogen-bond acceptors (Lipinski definition) is 3. The maximum atomic E-state index is 4.15. The summed E-state index contributed by atoms with van der Waals surface area (Å²) in [7, 11) is 0. The van der Waals surface area contributed by atoms with Gasteiger partial charge in [-0.05, 0) is 19.9 Å². The number of allylic oxidation sites excluding steroid dienone is 3. The molecule has 0 spiro atoms. The lowest BCUT2D eigenvalue weighted by Crippen LogP contribution is -1.89. The van der Waals surface area contributed by atoms with Gasteiger partial charge < -0.3 is 0 Å². The molecule has 14 heavy (non-hydrogen) atoms. The highest BCUT2D eigenvalue weighted by Crippen LogP contribution is 2.09. The molecule has 1 aromatic rings. The Bertz CT molecular complexity index is 350. The molecule has 0 saturated carbocycles. The first-order valence-corrected chi connectivity index (χ1v) is 4.46. The van der Waals surface area contributed by atoms with E-state index in [0.29, 0.717) is 5.82 Å². The Morgan fingerprint density at radius 1 is 1.29 bits per heavy atom. The highest BCUT2D eigenvalue weighted by atomic mass is 14.9. The second-order valence-corrected chi connectivity index (χ2v) is 2.56. The summed E-state index contributed by atoms with van der Waals surface area (Å²) in [6.45, 7) is 3.82. The van der Waals surface area contributed by atoms with Gasteiger partial charge >= 0.3 is 0 Å². The summed E-state index contributed by atoms with van der Waals surface area (Å²) in [4.78, 5) is 12.3. The lowest BCUT2D eigenvalue weighted by Gasteiger charge is -1.97. The van der Waals surface area contributed by atoms with Gasteiger partial charge in [0.2, 0.25) is 0 Å². The van der Waals surface area contributed by atoms with Crippen molar-refractivity contribution in [3.05, 3.63) is 42.6 Å². The van der Waals surface area contributed by atoms with Crippen molar-refractivity contribution in [1.29, 1.82) is 0 Å². The van der Waals surface area contributed by atoms with Crippen LogP contribution in [0.3, 0.4) is 0 Å². The van der Waals surface area contributed by atoms with Crippen LogP contribution in [0.5, 0.6) is 0 Å². The Balaban J connectivity index is 3.00. The molecule has 1 heterocycles. The summed E-state index contributed by atoms with van der Waals surface area (Å²) in [5.74, 6) is 0.691. The summed E-state index contributed by atoms with van der Waals surface area (Å²) < 4.78 is 0. The third-order valence-corrected chi connectivity index (χ3v) is 1.53. The molecule has 3 nitrogen and oxygen atoms in total. The van der Waals surface area contributed by atoms with Gasteiger partial charge in [0, 0.05) is 30.4 Å². The van der Waals surface area contributed by atoms with Crippen molar-refractivity contribution in [3.8, 4) is 0 Å². The van der Waals surface area contributed by atoms with Crippen LogP contribution in [0.4, 0.5) is 0 Å². The topological polar surface area (TPSA) is 38.1 Å². The summed E-state index contributed by atoms with van der Waals surface area (Å²) in [5.41, 5.74) is 0.909. The van der Waals surface area contributed by atoms with Gasteiger partial charge in [0.15, 0.2) is 5.82 Å². The molecule has 0 N–H and O–H groups in total. The fourth-order valence-electron chi connectivity index (χ4n) is 0.958. The minimum absolute atomic E-state index is 0.691. The quantitative estimate of drug-likeness (QED) is 0.538. The SMILES string of the molecule is CC=N/C=C(\C=C/C)c1ncccn1. The molecule has 1 rings (SSSR count). The maximum absolute atomic E-state index is 4.15. The predicted octanol–water partition coefficient (Wildman–Crippen LogP) is 2.48. The van der Waals surface area contributed by atoms with Gasteiger partial charge in [0.1, 0.15) is 0 Å². The molecule has 0 atom stereocenters. The Morgan fingerprint density at radius 3 is 2.57 bits per heavy atom. The molecule has 72 valence electrons. The van der Waals surface area contributed by atoms with Crippen LogP contribution in [0.1, 0.15) is 19.7 Å². The normalized spacial score (nSPS) is 12.9. The van der Waals surface area contributed by atoms with Crippen LogP contribution in [0.2, 0.25) is 0 Å². The van der Waals surface area contributed by atoms with Crippen molar-refractivity contribution < 1.29 is 0 Å². The first-order chi connectivity index (χ1) is 6.88. The molecule has 3 heteroatoms. The number of rotatable bonds is 3. The van der Waals surface area contributed by atoms with Crippen LogP contribution < -0.4 is 0 Å². The summed E-state index contributed by atoms with van der Waals surface area (Å²) in [6.07, 6.45) is 10.8. The second-order valence-electron chi connectivity index (χ2n) is 2.56. The van der Waals surface area contributed by atoms with Gasteiger partial charge in [-0.1, -0.05) is 12.2 Å². The van der Waals surface area contributed by atoms with Crippen molar-refractivity contribution in [3.63, 3.8) is 0 Å². The van der Waals surface area contributed by atoms with Gasteiger partial charge in [-0.2, -0.15) is 0 Å². The number of hydrogen-bond donors (Lipinski definition) is 0. The van der Waals surface area contributed by atoms with E-state index in [9.17, 15) is 0 Å². The Morgan fingerprint density at radius 2 is 2.00 bits per heavy atom. The lowest BCUT2D eigenvalue weighted by molar-refractivity contribution is 1.12. The highest BCUT2D eigenvalue weighted by Gasteiger charge is 1.97. The van der Waals surface area contributed by atoms with Crippen LogP contribution in [-0.2, 0) is 0 Å². The van der Waals surface area contributed by atoms with E-state index in [1.807, 2.05) is 26.0 Å². The number of nitrogens with zero attached hydrogens (tertiary/aromatic N) is 3. The summed E-state index contributed by atoms with van der Waals surface area (Å²) >= 11 is 0. The zero-order chi connectivity index (χ0) is 10.2. The molecule has 0 unspecified atom stereocenters. The largest absolute Gasteiger partial charge is 0.269 e. The smallest absolute Gasteiger partial charge is 0.160 e. The van der Waals surface area contributed by atoms with E-state index in [-0.39, 0.29) is 0 Å². The molecule has 0 radical (unpaired) electrons. The van der Waals surface area contributed by atoms with Crippen LogP contribution in [0, 0.1) is 0 Å². The third kappa shape index (κ3) is 2.94. The van der Waals surface area contributed by atoms with Crippen LogP contribution in [0.15, 0.2) is 41.8 Å². The van der Waals surface area contributed by atoms with Crippen molar-refractivity contribution in [1.82, 2.24) is 9.97 Å². The van der Waals surface area contributed by atoms with Gasteiger partial charge in [-0.25, -0.2) is 9.97 Å². The van der Waals surface area contributed by atoms with E-state index in [1.54, 1.807) is 30.9 Å². The Labute approximate surface area is 83.9 Å². The molecular formula is C11H13N3. The molecule has 1 aromatic heterocycles. The number of aliphatic imine (C=N–C) groups is 1. The fourth-order valence-corrected chi connectivity index (χ4v) is 0.958. The maximum Gasteiger partial charge on any atom is 0.160 e. The minimum Gasteiger partial charge on any atom is -0.269 e. The van der Waals surface area contributed by atoms with E-state index < -0.39 is 0 Å². The third-order valence-electron chi connectivity index (χ3n) is 1.53. The molecular weight excluding hydrogens is 174 g/mol. The van der Waals surface area contributed by atoms with Gasteiger partial charge in [-0.15, -0.1) is 0 Å². The van der Waals surface area contributed by atoms with E-state index >= 15 is 0 Å². The van der Waals surface area contributed by atoms with Gasteiger partial charge in [0.05, 0.1) is 0 Å². The van der Waals surface area contributed by atoms with E-state index in [1.165, 1.54) is 0 Å². The molecule has 0 fully saturated rings. The summed E-state index contributed by atoms with van der Waals surface area (Å²) in [6, 6.07) is 1.79. The lowest BCUT2D eigenvalue weighted by atomic mass is 10.2. The minimum atomic E-state index is 0.691.